The zero-order chi connectivity index (χ0) is 73.8. The van der Waals surface area contributed by atoms with Crippen LogP contribution >= 0.6 is 17.0 Å². The number of H-pyrrole nitrogens is 2. The Labute approximate surface area is 610 Å². The van der Waals surface area contributed by atoms with Crippen molar-refractivity contribution in [2.75, 3.05) is 10.7 Å². The van der Waals surface area contributed by atoms with E-state index in [1.165, 1.54) is 111 Å². The van der Waals surface area contributed by atoms with Crippen LogP contribution in [0.4, 0.5) is 34.1 Å². The number of nitrogens with zero attached hydrogens (tertiary/aromatic N) is 8. The lowest BCUT2D eigenvalue weighted by atomic mass is 9.91. The van der Waals surface area contributed by atoms with Crippen LogP contribution in [0, 0.1) is 34.6 Å². The minimum absolute atomic E-state index is 0. The van der Waals surface area contributed by atoms with E-state index >= 15 is 0 Å². The normalized spacial score (nSPS) is 13.7. The van der Waals surface area contributed by atoms with E-state index in [4.69, 9.17) is 34.3 Å². The molecule has 0 spiro atoms. The van der Waals surface area contributed by atoms with E-state index in [0.29, 0.717) is 23.4 Å². The fourth-order valence-corrected chi connectivity index (χ4v) is 13.0. The van der Waals surface area contributed by atoms with E-state index in [1.54, 1.807) is 69.1 Å². The second kappa shape index (κ2) is 31.5. The first-order chi connectivity index (χ1) is 49.8. The summed E-state index contributed by atoms with van der Waals surface area (Å²) in [6, 6.07) is 36.6. The molecule has 0 saturated heterocycles. The number of aromatic amines is 2. The molecule has 0 fully saturated rings. The molecule has 3 aliphatic carbocycles. The van der Waals surface area contributed by atoms with Gasteiger partial charge in [-0.2, -0.15) is 5.10 Å². The third kappa shape index (κ3) is 16.3. The minimum Gasteiger partial charge on any atom is -0.505 e. The number of hydrogen-bond acceptors (Lipinski definition) is 18. The molecule has 5 aromatic heterocycles. The van der Waals surface area contributed by atoms with E-state index in [-0.39, 0.29) is 125 Å². The Hall–Kier alpha value is -12.4. The summed E-state index contributed by atoms with van der Waals surface area (Å²) in [4.78, 5) is 71.0. The van der Waals surface area contributed by atoms with Gasteiger partial charge in [0.2, 0.25) is 17.3 Å². The number of benzene rings is 6. The Morgan fingerprint density at radius 2 is 0.781 bits per heavy atom. The van der Waals surface area contributed by atoms with Crippen molar-refractivity contribution in [2.45, 2.75) is 125 Å². The number of nitrogens with two attached hydrogens (primary N) is 1. The lowest BCUT2D eigenvalue weighted by Crippen LogP contribution is -2.20. The van der Waals surface area contributed by atoms with Gasteiger partial charge in [-0.1, -0.05) is 18.2 Å². The zero-order valence-corrected chi connectivity index (χ0v) is 60.0. The number of azo groups is 2. The smallest absolute Gasteiger partial charge is 0.371 e. The topological polar surface area (TPSA) is 396 Å². The summed E-state index contributed by atoms with van der Waals surface area (Å²) >= 11 is 0. The highest BCUT2D eigenvalue weighted by Crippen LogP contribution is 2.43. The number of nitrogen functional groups attached to an aromatic ring is 1. The summed E-state index contributed by atoms with van der Waals surface area (Å²) in [7, 11) is 0. The third-order valence-electron chi connectivity index (χ3n) is 18.3. The first-order valence-electron chi connectivity index (χ1n) is 33.8. The fourth-order valence-electron chi connectivity index (χ4n) is 13.0. The average Bonchev–Trinajstić information content (AvgIpc) is 1.69. The molecule has 10 N–H and O–H groups in total. The SMILES string of the molecule is Br.CC1=NN(c2ccc3c(c2)CCCC3)C(=O)C1.Cc1cc(N)c(O)c(-c2ccc(C(=O)O)o2)c1.Cc1cc(N=Nc2c(C)[nH]n(-c3ccc4c(c3)CCCC4)c2=O)c(O)c(-c2ccc(C(=O)O)o2)c1.Cc1cc(N=Nc2c(C)[nH]n(-c3ccc4c(c3)CCCC4)c2=O)c(O)c(-c2ccc(C(=O)O)o2)c1. The fraction of sp³-hybridized carbons (Fsp3) is 0.244. The zero-order valence-electron chi connectivity index (χ0n) is 58.2. The summed E-state index contributed by atoms with van der Waals surface area (Å²) in [6.07, 6.45) is 14.1. The van der Waals surface area contributed by atoms with Gasteiger partial charge in [-0.15, -0.1) is 37.4 Å². The predicted octanol–water partition coefficient (Wildman–Crippen LogP) is 17.0. The number of aromatic hydroxyl groups is 3. The Bertz CT molecular complexity index is 5200. The molecule has 6 heterocycles. The first-order valence-corrected chi connectivity index (χ1v) is 33.8. The van der Waals surface area contributed by atoms with Crippen molar-refractivity contribution < 1.29 is 63.1 Å². The van der Waals surface area contributed by atoms with Crippen molar-refractivity contribution >= 4 is 80.6 Å². The van der Waals surface area contributed by atoms with Crippen LogP contribution in [-0.4, -0.2) is 79.7 Å². The van der Waals surface area contributed by atoms with Crippen LogP contribution in [0.5, 0.6) is 17.2 Å². The number of aromatic carboxylic acids is 3. The molecule has 0 bridgehead atoms. The highest BCUT2D eigenvalue weighted by molar-refractivity contribution is 8.93. The lowest BCUT2D eigenvalue weighted by molar-refractivity contribution is -0.116. The van der Waals surface area contributed by atoms with Crippen LogP contribution in [0.3, 0.4) is 0 Å². The monoisotopic (exact) mass is 1490 g/mol. The standard InChI is InChI=1S/2C26H24N4O5.C14H16N2O.C12H11NO4.BrH/c2*1-14-11-19(21-9-10-22(35-21)26(33)34)24(31)20(12-14)27-28-23-15(2)29-30(25(23)32)18-8-7-16-5-3-4-6-17(16)13-18;1-10-8-14(17)16(15-10)13-7-6-11-4-2-3-5-12(11)9-13;1-6-4-7(11(14)8(13)5-6)9-2-3-10(17-9)12(15)16;/h2*7-13,29,31H,3-6H2,1-2H3,(H,33,34);6-7,9H,2-5,8H2,1H3;2-5,14H,13H2,1H3,(H,15,16);1H. The predicted molar refractivity (Wildman–Crippen MR) is 399 cm³/mol. The number of carboxylic acid groups (broad SMARTS) is 3. The Kier molecular flexibility index (Phi) is 22.1. The number of carbonyl (C=O) groups excluding carboxylic acids is 1. The van der Waals surface area contributed by atoms with Crippen LogP contribution in [0.2, 0.25) is 0 Å². The first kappa shape index (κ1) is 73.8. The van der Waals surface area contributed by atoms with E-state index in [0.717, 1.165) is 84.4 Å². The second-order valence-electron chi connectivity index (χ2n) is 26.1. The number of carboxylic acids is 3. The van der Waals surface area contributed by atoms with Gasteiger partial charge in [0.05, 0.1) is 57.2 Å². The van der Waals surface area contributed by atoms with Crippen LogP contribution in [0.15, 0.2) is 176 Å². The molecule has 27 heteroatoms. The molecule has 105 heavy (non-hydrogen) atoms. The maximum Gasteiger partial charge on any atom is 0.371 e. The summed E-state index contributed by atoms with van der Waals surface area (Å²) in [5.74, 6) is -4.07. The lowest BCUT2D eigenvalue weighted by Gasteiger charge is -2.19. The van der Waals surface area contributed by atoms with Gasteiger partial charge in [0, 0.05) is 5.71 Å². The quantitative estimate of drug-likeness (QED) is 0.0294. The van der Waals surface area contributed by atoms with Crippen LogP contribution in [0.1, 0.15) is 145 Å². The molecule has 11 aromatic rings. The van der Waals surface area contributed by atoms with Gasteiger partial charge in [-0.05, 0) is 278 Å². The second-order valence-corrected chi connectivity index (χ2v) is 26.1. The van der Waals surface area contributed by atoms with Crippen molar-refractivity contribution in [3.8, 4) is 62.6 Å². The maximum absolute atomic E-state index is 13.1. The van der Waals surface area contributed by atoms with Gasteiger partial charge in [0.1, 0.15) is 34.4 Å². The van der Waals surface area contributed by atoms with Gasteiger partial charge < -0.3 is 49.6 Å². The molecule has 15 rings (SSSR count). The molecule has 0 saturated carbocycles. The summed E-state index contributed by atoms with van der Waals surface area (Å²) in [5.41, 5.74) is 21.4. The molecule has 540 valence electrons. The van der Waals surface area contributed by atoms with Crippen molar-refractivity contribution in [3.63, 3.8) is 0 Å². The minimum atomic E-state index is -1.21. The van der Waals surface area contributed by atoms with E-state index in [9.17, 15) is 44.1 Å². The number of nitrogens with one attached hydrogen (secondary N) is 2. The number of rotatable bonds is 13. The third-order valence-corrected chi connectivity index (χ3v) is 18.3. The molecule has 0 radical (unpaired) electrons. The van der Waals surface area contributed by atoms with Crippen LogP contribution in [-0.2, 0) is 43.3 Å². The highest BCUT2D eigenvalue weighted by Gasteiger charge is 2.26. The number of phenolic OH excluding ortho intramolecular Hbond substituents is 3. The number of fused-ring (bicyclic) bond motifs is 3. The molecule has 4 aliphatic rings. The van der Waals surface area contributed by atoms with Gasteiger partial charge >= 0.3 is 17.9 Å². The van der Waals surface area contributed by atoms with Gasteiger partial charge in [-0.3, -0.25) is 24.6 Å². The number of hydrazone groups is 1. The van der Waals surface area contributed by atoms with Crippen LogP contribution < -0.4 is 21.9 Å². The van der Waals surface area contributed by atoms with E-state index < -0.39 is 17.9 Å². The largest absolute Gasteiger partial charge is 0.505 e. The number of hydrogen-bond donors (Lipinski definition) is 9. The molecule has 26 nitrogen and oxygen atoms in total. The Balaban J connectivity index is 0.000000147. The van der Waals surface area contributed by atoms with Crippen molar-refractivity contribution in [3.05, 3.63) is 227 Å². The number of halogens is 1. The van der Waals surface area contributed by atoms with Crippen LogP contribution in [0.25, 0.3) is 45.3 Å². The summed E-state index contributed by atoms with van der Waals surface area (Å²) in [6.45, 7) is 10.8. The number of carbonyl (C=O) groups is 4. The number of amides is 1. The maximum atomic E-state index is 13.1. The molecule has 6 aromatic carbocycles. The molecular formula is C78H76BrN11O15. The number of furan rings is 3. The van der Waals surface area contributed by atoms with E-state index in [1.807, 2.05) is 44.2 Å². The summed E-state index contributed by atoms with van der Waals surface area (Å²) < 4.78 is 18.7. The number of aromatic nitrogens is 4. The Morgan fingerprint density at radius 3 is 1.13 bits per heavy atom. The Morgan fingerprint density at radius 1 is 0.438 bits per heavy atom. The van der Waals surface area contributed by atoms with Gasteiger partial charge in [-0.25, -0.2) is 28.8 Å². The molecule has 1 aliphatic heterocycles. The molecule has 0 unspecified atom stereocenters. The number of anilines is 2. The average molecular weight is 1490 g/mol. The highest BCUT2D eigenvalue weighted by atomic mass is 79.9. The summed E-state index contributed by atoms with van der Waals surface area (Å²) in [5, 5.41) is 86.9. The molecule has 0 atom stereocenters. The number of aryl methyl sites for hydroxylation is 11. The molecule has 1 amide bonds. The van der Waals surface area contributed by atoms with Gasteiger partial charge in [0.15, 0.2) is 22.9 Å². The van der Waals surface area contributed by atoms with Crippen molar-refractivity contribution in [1.82, 2.24) is 19.6 Å². The van der Waals surface area contributed by atoms with Crippen molar-refractivity contribution in [2.24, 2.45) is 25.6 Å². The van der Waals surface area contributed by atoms with Crippen molar-refractivity contribution in [1.29, 1.82) is 0 Å². The number of phenols is 3. The van der Waals surface area contributed by atoms with Gasteiger partial charge in [0.25, 0.3) is 17.0 Å². The molecular weight excluding hydrogens is 1410 g/mol. The van der Waals surface area contributed by atoms with E-state index in [2.05, 4.69) is 60.0 Å².